The SMILES string of the molecule is Cc1cccc(N(C)C(=O)C2C(C(=O)O)C2(C)C)c1. The lowest BCUT2D eigenvalue weighted by Crippen LogP contribution is -2.29. The van der Waals surface area contributed by atoms with Gasteiger partial charge in [0.2, 0.25) is 5.91 Å². The first-order valence-corrected chi connectivity index (χ1v) is 6.34. The van der Waals surface area contributed by atoms with E-state index in [2.05, 4.69) is 0 Å². The van der Waals surface area contributed by atoms with Crippen LogP contribution in [0, 0.1) is 24.2 Å². The molecule has 0 bridgehead atoms. The molecule has 2 atom stereocenters. The van der Waals surface area contributed by atoms with Crippen molar-refractivity contribution < 1.29 is 14.7 Å². The molecule has 4 heteroatoms. The zero-order chi connectivity index (χ0) is 14.4. The molecule has 102 valence electrons. The van der Waals surface area contributed by atoms with Crippen LogP contribution in [0.1, 0.15) is 19.4 Å². The molecule has 19 heavy (non-hydrogen) atoms. The van der Waals surface area contributed by atoms with Gasteiger partial charge in [-0.15, -0.1) is 0 Å². The number of aryl methyl sites for hydroxylation is 1. The highest BCUT2D eigenvalue weighted by molar-refractivity contribution is 6.01. The number of anilines is 1. The van der Waals surface area contributed by atoms with Gasteiger partial charge in [0.25, 0.3) is 0 Å². The van der Waals surface area contributed by atoms with Gasteiger partial charge in [0.05, 0.1) is 11.8 Å². The van der Waals surface area contributed by atoms with Crippen molar-refractivity contribution in [3.63, 3.8) is 0 Å². The lowest BCUT2D eigenvalue weighted by atomic mass is 10.1. The van der Waals surface area contributed by atoms with E-state index in [1.54, 1.807) is 11.9 Å². The molecule has 1 saturated carbocycles. The third kappa shape index (κ3) is 2.23. The average molecular weight is 261 g/mol. The van der Waals surface area contributed by atoms with Gasteiger partial charge in [-0.05, 0) is 30.0 Å². The molecular weight excluding hydrogens is 242 g/mol. The molecule has 0 spiro atoms. The standard InChI is InChI=1S/C15H19NO3/c1-9-6-5-7-10(8-9)16(4)13(17)11-12(14(18)19)15(11,2)3/h5-8,11-12H,1-4H3,(H,18,19). The molecule has 4 nitrogen and oxygen atoms in total. The summed E-state index contributed by atoms with van der Waals surface area (Å²) in [5, 5.41) is 9.13. The molecular formula is C15H19NO3. The number of aliphatic carboxylic acids is 1. The van der Waals surface area contributed by atoms with E-state index >= 15 is 0 Å². The number of hydrogen-bond acceptors (Lipinski definition) is 2. The van der Waals surface area contributed by atoms with Gasteiger partial charge in [0.1, 0.15) is 0 Å². The fraction of sp³-hybridized carbons (Fsp3) is 0.467. The highest BCUT2D eigenvalue weighted by atomic mass is 16.4. The van der Waals surface area contributed by atoms with Crippen molar-refractivity contribution in [1.82, 2.24) is 0 Å². The average Bonchev–Trinajstić information content (AvgIpc) is 2.90. The van der Waals surface area contributed by atoms with Crippen molar-refractivity contribution in [2.24, 2.45) is 17.3 Å². The summed E-state index contributed by atoms with van der Waals surface area (Å²) < 4.78 is 0. The Balaban J connectivity index is 2.20. The number of carbonyl (C=O) groups is 2. The van der Waals surface area contributed by atoms with E-state index in [-0.39, 0.29) is 5.91 Å². The Bertz CT molecular complexity index is 536. The Morgan fingerprint density at radius 2 is 1.89 bits per heavy atom. The number of carboxylic acids is 1. The molecule has 1 N–H and O–H groups in total. The summed E-state index contributed by atoms with van der Waals surface area (Å²) >= 11 is 0. The van der Waals surface area contributed by atoms with Gasteiger partial charge in [-0.3, -0.25) is 9.59 Å². The molecule has 0 saturated heterocycles. The molecule has 2 rings (SSSR count). The lowest BCUT2D eigenvalue weighted by Gasteiger charge is -2.18. The summed E-state index contributed by atoms with van der Waals surface area (Å²) in [4.78, 5) is 25.1. The minimum Gasteiger partial charge on any atom is -0.481 e. The first-order chi connectivity index (χ1) is 8.76. The third-order valence-corrected chi connectivity index (χ3v) is 4.08. The minimum atomic E-state index is -0.888. The molecule has 0 aliphatic heterocycles. The van der Waals surface area contributed by atoms with Gasteiger partial charge in [-0.1, -0.05) is 26.0 Å². The van der Waals surface area contributed by atoms with Crippen molar-refractivity contribution in [1.29, 1.82) is 0 Å². The van der Waals surface area contributed by atoms with Crippen LogP contribution in [0.3, 0.4) is 0 Å². The second kappa shape index (κ2) is 4.37. The third-order valence-electron chi connectivity index (χ3n) is 4.08. The number of carboxylic acid groups (broad SMARTS) is 1. The highest BCUT2D eigenvalue weighted by Gasteiger charge is 2.66. The van der Waals surface area contributed by atoms with Gasteiger partial charge in [-0.25, -0.2) is 0 Å². The van der Waals surface area contributed by atoms with E-state index in [1.807, 2.05) is 45.0 Å². The van der Waals surface area contributed by atoms with Crippen LogP contribution in [0.25, 0.3) is 0 Å². The van der Waals surface area contributed by atoms with Gasteiger partial charge in [-0.2, -0.15) is 0 Å². The fourth-order valence-corrected chi connectivity index (χ4v) is 2.73. The molecule has 0 heterocycles. The number of benzene rings is 1. The smallest absolute Gasteiger partial charge is 0.307 e. The predicted octanol–water partition coefficient (Wildman–Crippen LogP) is 2.31. The largest absolute Gasteiger partial charge is 0.481 e. The molecule has 1 amide bonds. The van der Waals surface area contributed by atoms with E-state index < -0.39 is 23.2 Å². The van der Waals surface area contributed by atoms with Crippen LogP contribution in [-0.2, 0) is 9.59 Å². The number of carbonyl (C=O) groups excluding carboxylic acids is 1. The van der Waals surface area contributed by atoms with E-state index in [9.17, 15) is 9.59 Å². The number of amides is 1. The highest BCUT2D eigenvalue weighted by Crippen LogP contribution is 2.59. The van der Waals surface area contributed by atoms with Crippen LogP contribution >= 0.6 is 0 Å². The monoisotopic (exact) mass is 261 g/mol. The van der Waals surface area contributed by atoms with Crippen molar-refractivity contribution in [3.05, 3.63) is 29.8 Å². The van der Waals surface area contributed by atoms with Crippen LogP contribution in [0.4, 0.5) is 5.69 Å². The summed E-state index contributed by atoms with van der Waals surface area (Å²) in [6.45, 7) is 5.62. The van der Waals surface area contributed by atoms with Gasteiger partial charge >= 0.3 is 5.97 Å². The Labute approximate surface area is 113 Å². The Morgan fingerprint density at radius 1 is 1.26 bits per heavy atom. The predicted molar refractivity (Wildman–Crippen MR) is 73.0 cm³/mol. The Morgan fingerprint density at radius 3 is 2.37 bits per heavy atom. The van der Waals surface area contributed by atoms with E-state index in [1.165, 1.54) is 0 Å². The van der Waals surface area contributed by atoms with Crippen molar-refractivity contribution in [2.75, 3.05) is 11.9 Å². The molecule has 1 aromatic carbocycles. The number of nitrogens with zero attached hydrogens (tertiary/aromatic N) is 1. The first-order valence-electron chi connectivity index (χ1n) is 6.34. The van der Waals surface area contributed by atoms with Gasteiger partial charge in [0, 0.05) is 12.7 Å². The maximum Gasteiger partial charge on any atom is 0.307 e. The summed E-state index contributed by atoms with van der Waals surface area (Å²) in [5.41, 5.74) is 1.42. The molecule has 1 fully saturated rings. The quantitative estimate of drug-likeness (QED) is 0.908. The molecule has 2 unspecified atom stereocenters. The molecule has 1 aromatic rings. The summed E-state index contributed by atoms with van der Waals surface area (Å²) in [5.74, 6) is -2.02. The zero-order valence-corrected chi connectivity index (χ0v) is 11.7. The maximum absolute atomic E-state index is 12.4. The molecule has 1 aliphatic rings. The van der Waals surface area contributed by atoms with Crippen LogP contribution < -0.4 is 4.90 Å². The maximum atomic E-state index is 12.4. The van der Waals surface area contributed by atoms with E-state index in [4.69, 9.17) is 5.11 Å². The summed E-state index contributed by atoms with van der Waals surface area (Å²) in [6.07, 6.45) is 0. The van der Waals surface area contributed by atoms with Crippen LogP contribution in [0.2, 0.25) is 0 Å². The topological polar surface area (TPSA) is 57.6 Å². The van der Waals surface area contributed by atoms with E-state index in [0.29, 0.717) is 0 Å². The molecule has 0 aromatic heterocycles. The lowest BCUT2D eigenvalue weighted by molar-refractivity contribution is -0.140. The zero-order valence-electron chi connectivity index (χ0n) is 11.7. The molecule has 0 radical (unpaired) electrons. The van der Waals surface area contributed by atoms with Crippen molar-refractivity contribution >= 4 is 17.6 Å². The van der Waals surface area contributed by atoms with Gasteiger partial charge in [0.15, 0.2) is 0 Å². The van der Waals surface area contributed by atoms with Crippen LogP contribution in [0.5, 0.6) is 0 Å². The first kappa shape index (κ1) is 13.6. The van der Waals surface area contributed by atoms with Gasteiger partial charge < -0.3 is 10.0 Å². The van der Waals surface area contributed by atoms with Crippen LogP contribution in [-0.4, -0.2) is 24.0 Å². The number of hydrogen-bond donors (Lipinski definition) is 1. The normalized spacial score (nSPS) is 23.8. The number of rotatable bonds is 3. The summed E-state index contributed by atoms with van der Waals surface area (Å²) in [7, 11) is 1.70. The minimum absolute atomic E-state index is 0.122. The second-order valence-corrected chi connectivity index (χ2v) is 5.85. The van der Waals surface area contributed by atoms with Crippen molar-refractivity contribution in [2.45, 2.75) is 20.8 Å². The summed E-state index contributed by atoms with van der Waals surface area (Å²) in [6, 6.07) is 7.63. The fourth-order valence-electron chi connectivity index (χ4n) is 2.73. The molecule has 1 aliphatic carbocycles. The Kier molecular flexibility index (Phi) is 3.12. The Hall–Kier alpha value is -1.84. The second-order valence-electron chi connectivity index (χ2n) is 5.85. The van der Waals surface area contributed by atoms with Crippen molar-refractivity contribution in [3.8, 4) is 0 Å². The van der Waals surface area contributed by atoms with Crippen LogP contribution in [0.15, 0.2) is 24.3 Å². The van der Waals surface area contributed by atoms with E-state index in [0.717, 1.165) is 11.3 Å².